The van der Waals surface area contributed by atoms with Gasteiger partial charge in [-0.05, 0) is 35.7 Å². The third-order valence-electron chi connectivity index (χ3n) is 2.80. The number of hydrogen-bond acceptors (Lipinski definition) is 6. The predicted octanol–water partition coefficient (Wildman–Crippen LogP) is 3.22. The molecule has 0 bridgehead atoms. The summed E-state index contributed by atoms with van der Waals surface area (Å²) in [6, 6.07) is 12.2. The van der Waals surface area contributed by atoms with Gasteiger partial charge in [0, 0.05) is 0 Å². The molecule has 1 aromatic carbocycles. The molecule has 2 N–H and O–H groups in total. The van der Waals surface area contributed by atoms with Crippen LogP contribution < -0.4 is 10.0 Å². The van der Waals surface area contributed by atoms with Crippen molar-refractivity contribution in [2.45, 2.75) is 4.21 Å². The summed E-state index contributed by atoms with van der Waals surface area (Å²) < 4.78 is 40.2. The minimum Gasteiger partial charge on any atom is -0.336 e. The smallest absolute Gasteiger partial charge is 0.272 e. The maximum absolute atomic E-state index is 13.5. The Kier molecular flexibility index (Phi) is 4.22. The van der Waals surface area contributed by atoms with Crippen LogP contribution in [0, 0.1) is 5.82 Å². The van der Waals surface area contributed by atoms with Gasteiger partial charge in [0.25, 0.3) is 10.0 Å². The topological polar surface area (TPSA) is 84.0 Å². The van der Waals surface area contributed by atoms with E-state index in [4.69, 9.17) is 0 Å². The highest BCUT2D eigenvalue weighted by molar-refractivity contribution is 7.94. The molecule has 0 aliphatic rings. The molecular weight excluding hydrogens is 339 g/mol. The Labute approximate surface area is 136 Å². The number of nitrogens with zero attached hydrogens (tertiary/aromatic N) is 2. The number of hydrogen-bond donors (Lipinski definition) is 2. The molecule has 3 aromatic rings. The fourth-order valence-corrected chi connectivity index (χ4v) is 3.75. The lowest BCUT2D eigenvalue weighted by atomic mass is 10.3. The zero-order valence-corrected chi connectivity index (χ0v) is 13.2. The van der Waals surface area contributed by atoms with E-state index in [0.717, 1.165) is 11.3 Å². The minimum atomic E-state index is -3.66. The van der Waals surface area contributed by atoms with Crippen LogP contribution in [-0.2, 0) is 10.0 Å². The molecule has 0 unspecified atom stereocenters. The van der Waals surface area contributed by atoms with Crippen LogP contribution >= 0.6 is 11.3 Å². The van der Waals surface area contributed by atoms with Crippen LogP contribution in [0.3, 0.4) is 0 Å². The van der Waals surface area contributed by atoms with E-state index in [1.165, 1.54) is 24.3 Å². The van der Waals surface area contributed by atoms with Crippen LogP contribution in [0.2, 0.25) is 0 Å². The van der Waals surface area contributed by atoms with E-state index in [1.54, 1.807) is 29.6 Å². The molecule has 2 heterocycles. The van der Waals surface area contributed by atoms with Gasteiger partial charge >= 0.3 is 0 Å². The molecule has 0 saturated carbocycles. The second kappa shape index (κ2) is 6.31. The quantitative estimate of drug-likeness (QED) is 0.738. The van der Waals surface area contributed by atoms with Gasteiger partial charge in [-0.15, -0.1) is 21.5 Å². The predicted molar refractivity (Wildman–Crippen MR) is 86.8 cm³/mol. The monoisotopic (exact) mass is 350 g/mol. The summed E-state index contributed by atoms with van der Waals surface area (Å²) in [5.74, 6) is -0.0385. The van der Waals surface area contributed by atoms with Crippen molar-refractivity contribution in [3.05, 3.63) is 59.7 Å². The molecule has 0 atom stereocenters. The first kappa shape index (κ1) is 15.4. The zero-order chi connectivity index (χ0) is 16.3. The van der Waals surface area contributed by atoms with E-state index >= 15 is 0 Å². The molecule has 0 radical (unpaired) electrons. The van der Waals surface area contributed by atoms with Gasteiger partial charge in [0.1, 0.15) is 10.0 Å². The summed E-state index contributed by atoms with van der Waals surface area (Å²) in [6.45, 7) is 0. The average molecular weight is 350 g/mol. The van der Waals surface area contributed by atoms with Crippen molar-refractivity contribution in [3.63, 3.8) is 0 Å². The first-order valence-corrected chi connectivity index (χ1v) is 8.82. The van der Waals surface area contributed by atoms with Gasteiger partial charge in [-0.1, -0.05) is 18.2 Å². The van der Waals surface area contributed by atoms with E-state index in [2.05, 4.69) is 20.2 Å². The Hall–Kier alpha value is -2.52. The fraction of sp³-hybridized carbons (Fsp3) is 0. The third-order valence-corrected chi connectivity index (χ3v) is 5.55. The zero-order valence-electron chi connectivity index (χ0n) is 11.6. The van der Waals surface area contributed by atoms with Crippen molar-refractivity contribution >= 4 is 38.7 Å². The Morgan fingerprint density at radius 2 is 1.70 bits per heavy atom. The lowest BCUT2D eigenvalue weighted by molar-refractivity contribution is 0.603. The molecule has 0 amide bonds. The number of anilines is 3. The second-order valence-electron chi connectivity index (χ2n) is 4.45. The molecule has 0 spiro atoms. The van der Waals surface area contributed by atoms with Crippen LogP contribution in [0.5, 0.6) is 0 Å². The fourth-order valence-electron chi connectivity index (χ4n) is 1.76. The first-order valence-electron chi connectivity index (χ1n) is 6.46. The molecule has 118 valence electrons. The van der Waals surface area contributed by atoms with Crippen molar-refractivity contribution in [1.29, 1.82) is 0 Å². The molecule has 0 aliphatic carbocycles. The van der Waals surface area contributed by atoms with Gasteiger partial charge in [-0.3, -0.25) is 4.72 Å². The highest BCUT2D eigenvalue weighted by atomic mass is 32.2. The Bertz CT molecular complexity index is 897. The van der Waals surface area contributed by atoms with Crippen LogP contribution in [0.1, 0.15) is 0 Å². The molecule has 3 rings (SSSR count). The number of nitrogens with one attached hydrogen (secondary N) is 2. The van der Waals surface area contributed by atoms with Crippen molar-refractivity contribution in [3.8, 4) is 0 Å². The minimum absolute atomic E-state index is 0.0810. The van der Waals surface area contributed by atoms with E-state index in [1.807, 2.05) is 0 Å². The van der Waals surface area contributed by atoms with Gasteiger partial charge < -0.3 is 5.32 Å². The highest BCUT2D eigenvalue weighted by Gasteiger charge is 2.16. The van der Waals surface area contributed by atoms with Gasteiger partial charge in [-0.2, -0.15) is 0 Å². The number of sulfonamides is 1. The van der Waals surface area contributed by atoms with E-state index in [0.29, 0.717) is 5.82 Å². The normalized spacial score (nSPS) is 11.2. The number of para-hydroxylation sites is 1. The number of rotatable bonds is 5. The van der Waals surface area contributed by atoms with Crippen LogP contribution in [0.4, 0.5) is 21.7 Å². The van der Waals surface area contributed by atoms with E-state index in [-0.39, 0.29) is 15.7 Å². The standard InChI is InChI=1S/C14H11FN4O2S2/c15-10-4-1-2-5-11(10)16-12-7-8-13(18-17-12)19-23(20,21)14-6-3-9-22-14/h1-9H,(H,16,17)(H,18,19). The summed E-state index contributed by atoms with van der Waals surface area (Å²) in [7, 11) is -3.66. The molecule has 0 fully saturated rings. The number of halogens is 1. The van der Waals surface area contributed by atoms with Crippen molar-refractivity contribution in [2.75, 3.05) is 10.0 Å². The Morgan fingerprint density at radius 1 is 0.957 bits per heavy atom. The summed E-state index contributed by atoms with van der Waals surface area (Å²) >= 11 is 1.10. The largest absolute Gasteiger partial charge is 0.336 e. The molecule has 23 heavy (non-hydrogen) atoms. The third kappa shape index (κ3) is 3.63. The maximum Gasteiger partial charge on any atom is 0.272 e. The van der Waals surface area contributed by atoms with Crippen LogP contribution in [-0.4, -0.2) is 18.6 Å². The number of thiophene rings is 1. The van der Waals surface area contributed by atoms with E-state index in [9.17, 15) is 12.8 Å². The summed E-state index contributed by atoms with van der Waals surface area (Å²) in [4.78, 5) is 0. The average Bonchev–Trinajstić information content (AvgIpc) is 3.06. The number of aromatic nitrogens is 2. The van der Waals surface area contributed by atoms with Gasteiger partial charge in [-0.25, -0.2) is 12.8 Å². The summed E-state index contributed by atoms with van der Waals surface area (Å²) in [5, 5.41) is 12.0. The Balaban J connectivity index is 1.74. The molecule has 0 aliphatic heterocycles. The highest BCUT2D eigenvalue weighted by Crippen LogP contribution is 2.21. The summed E-state index contributed by atoms with van der Waals surface area (Å²) in [6.07, 6.45) is 0. The molecule has 2 aromatic heterocycles. The Morgan fingerprint density at radius 3 is 2.35 bits per heavy atom. The lowest BCUT2D eigenvalue weighted by Gasteiger charge is -2.07. The van der Waals surface area contributed by atoms with Crippen molar-refractivity contribution in [2.24, 2.45) is 0 Å². The summed E-state index contributed by atoms with van der Waals surface area (Å²) in [5.41, 5.74) is 0.258. The molecule has 0 saturated heterocycles. The second-order valence-corrected chi connectivity index (χ2v) is 7.30. The molecule has 6 nitrogen and oxygen atoms in total. The molecule has 9 heteroatoms. The van der Waals surface area contributed by atoms with Crippen molar-refractivity contribution in [1.82, 2.24) is 10.2 Å². The lowest BCUT2D eigenvalue weighted by Crippen LogP contribution is -2.13. The maximum atomic E-state index is 13.5. The first-order chi connectivity index (χ1) is 11.0. The van der Waals surface area contributed by atoms with Crippen LogP contribution in [0.15, 0.2) is 58.1 Å². The van der Waals surface area contributed by atoms with Gasteiger partial charge in [0.2, 0.25) is 0 Å². The van der Waals surface area contributed by atoms with Crippen molar-refractivity contribution < 1.29 is 12.8 Å². The van der Waals surface area contributed by atoms with Crippen LogP contribution in [0.25, 0.3) is 0 Å². The SMILES string of the molecule is O=S(=O)(Nc1ccc(Nc2ccccc2F)nn1)c1cccs1. The number of benzene rings is 1. The van der Waals surface area contributed by atoms with E-state index < -0.39 is 15.8 Å². The van der Waals surface area contributed by atoms with Gasteiger partial charge in [0.15, 0.2) is 11.6 Å². The molecular formula is C14H11FN4O2S2. The van der Waals surface area contributed by atoms with Gasteiger partial charge in [0.05, 0.1) is 5.69 Å².